The molecule has 0 aromatic carbocycles. The molecule has 0 saturated heterocycles. The van der Waals surface area contributed by atoms with Crippen LogP contribution in [0.25, 0.3) is 0 Å². The van der Waals surface area contributed by atoms with Gasteiger partial charge < -0.3 is 9.84 Å². The molecule has 1 heterocycles. The summed E-state index contributed by atoms with van der Waals surface area (Å²) in [5.74, 6) is -1.71. The molecule has 0 radical (unpaired) electrons. The third-order valence-corrected chi connectivity index (χ3v) is 5.32. The highest BCUT2D eigenvalue weighted by Gasteiger charge is 2.24. The van der Waals surface area contributed by atoms with Crippen molar-refractivity contribution in [2.45, 2.75) is 30.5 Å². The second-order valence-corrected chi connectivity index (χ2v) is 7.00. The summed E-state index contributed by atoms with van der Waals surface area (Å²) in [6.45, 7) is 3.16. The first kappa shape index (κ1) is 16.6. The number of rotatable bonds is 7. The SMILES string of the molecule is CCOC(=O)C(C)NS(=O)(=O)c1ccc(CC(=O)O)s1. The van der Waals surface area contributed by atoms with E-state index in [1.807, 2.05) is 0 Å². The molecule has 0 spiro atoms. The lowest BCUT2D eigenvalue weighted by atomic mass is 10.3. The van der Waals surface area contributed by atoms with Crippen molar-refractivity contribution >= 4 is 33.3 Å². The maximum atomic E-state index is 12.0. The van der Waals surface area contributed by atoms with Crippen LogP contribution in [0, 0.1) is 0 Å². The number of carbonyl (C=O) groups is 2. The van der Waals surface area contributed by atoms with Gasteiger partial charge in [-0.2, -0.15) is 4.72 Å². The predicted molar refractivity (Wildman–Crippen MR) is 72.1 cm³/mol. The highest BCUT2D eigenvalue weighted by atomic mass is 32.2. The van der Waals surface area contributed by atoms with E-state index < -0.39 is 28.0 Å². The highest BCUT2D eigenvalue weighted by Crippen LogP contribution is 2.22. The molecular weight excluding hydrogens is 306 g/mol. The van der Waals surface area contributed by atoms with Gasteiger partial charge in [-0.25, -0.2) is 8.42 Å². The Morgan fingerprint density at radius 2 is 2.10 bits per heavy atom. The van der Waals surface area contributed by atoms with Crippen LogP contribution in [-0.4, -0.2) is 38.1 Å². The fourth-order valence-electron chi connectivity index (χ4n) is 1.35. The summed E-state index contributed by atoms with van der Waals surface area (Å²) in [6, 6.07) is 1.73. The van der Waals surface area contributed by atoms with Gasteiger partial charge in [-0.05, 0) is 26.0 Å². The molecule has 1 atom stereocenters. The van der Waals surface area contributed by atoms with Crippen molar-refractivity contribution in [3.8, 4) is 0 Å². The van der Waals surface area contributed by atoms with Crippen molar-refractivity contribution in [1.29, 1.82) is 0 Å². The first-order chi connectivity index (χ1) is 9.26. The lowest BCUT2D eigenvalue weighted by Gasteiger charge is -2.11. The smallest absolute Gasteiger partial charge is 0.323 e. The number of hydrogen-bond acceptors (Lipinski definition) is 6. The van der Waals surface area contributed by atoms with E-state index in [1.165, 1.54) is 19.1 Å². The molecule has 20 heavy (non-hydrogen) atoms. The van der Waals surface area contributed by atoms with Gasteiger partial charge in [0.25, 0.3) is 10.0 Å². The Balaban J connectivity index is 2.81. The number of thiophene rings is 1. The fourth-order valence-corrected chi connectivity index (χ4v) is 3.91. The summed E-state index contributed by atoms with van der Waals surface area (Å²) >= 11 is 0.852. The quantitative estimate of drug-likeness (QED) is 0.712. The van der Waals surface area contributed by atoms with Crippen LogP contribution in [0.4, 0.5) is 0 Å². The van der Waals surface area contributed by atoms with E-state index in [2.05, 4.69) is 4.72 Å². The summed E-state index contributed by atoms with van der Waals surface area (Å²) in [5.41, 5.74) is 0. The molecule has 1 aromatic heterocycles. The summed E-state index contributed by atoms with van der Waals surface area (Å²) in [5, 5.41) is 8.64. The molecule has 9 heteroatoms. The minimum absolute atomic E-state index is 0.0371. The zero-order valence-corrected chi connectivity index (χ0v) is 12.6. The number of carbonyl (C=O) groups excluding carboxylic acids is 1. The average molecular weight is 321 g/mol. The average Bonchev–Trinajstić information content (AvgIpc) is 2.77. The van der Waals surface area contributed by atoms with Crippen LogP contribution in [0.5, 0.6) is 0 Å². The van der Waals surface area contributed by atoms with E-state index in [0.717, 1.165) is 11.3 Å². The standard InChI is InChI=1S/C11H15NO6S2/c1-3-18-11(15)7(2)12-20(16,17)10-5-4-8(19-10)6-9(13)14/h4-5,7,12H,3,6H2,1-2H3,(H,13,14). The number of ether oxygens (including phenoxy) is 1. The molecular formula is C11H15NO6S2. The maximum absolute atomic E-state index is 12.0. The van der Waals surface area contributed by atoms with Crippen LogP contribution >= 0.6 is 11.3 Å². The minimum atomic E-state index is -3.86. The van der Waals surface area contributed by atoms with Crippen LogP contribution in [0.3, 0.4) is 0 Å². The number of nitrogens with one attached hydrogen (secondary N) is 1. The van der Waals surface area contributed by atoms with Crippen molar-refractivity contribution in [3.63, 3.8) is 0 Å². The first-order valence-corrected chi connectivity index (χ1v) is 8.05. The number of carboxylic acids is 1. The lowest BCUT2D eigenvalue weighted by molar-refractivity contribution is -0.144. The minimum Gasteiger partial charge on any atom is -0.481 e. The number of sulfonamides is 1. The van der Waals surface area contributed by atoms with Crippen LogP contribution in [-0.2, 0) is 30.8 Å². The second kappa shape index (κ2) is 6.82. The third kappa shape index (κ3) is 4.58. The number of esters is 1. The van der Waals surface area contributed by atoms with E-state index >= 15 is 0 Å². The van der Waals surface area contributed by atoms with Crippen molar-refractivity contribution in [2.24, 2.45) is 0 Å². The van der Waals surface area contributed by atoms with Crippen molar-refractivity contribution in [2.75, 3.05) is 6.61 Å². The lowest BCUT2D eigenvalue weighted by Crippen LogP contribution is -2.39. The Labute approximate surface area is 120 Å². The summed E-state index contributed by atoms with van der Waals surface area (Å²) in [4.78, 5) is 22.3. The van der Waals surface area contributed by atoms with E-state index in [1.54, 1.807) is 6.92 Å². The van der Waals surface area contributed by atoms with Crippen LogP contribution < -0.4 is 4.72 Å². The van der Waals surface area contributed by atoms with Crippen molar-refractivity contribution in [1.82, 2.24) is 4.72 Å². The van der Waals surface area contributed by atoms with Gasteiger partial charge in [0.05, 0.1) is 13.0 Å². The summed E-state index contributed by atoms with van der Waals surface area (Å²) < 4.78 is 30.8. The highest BCUT2D eigenvalue weighted by molar-refractivity contribution is 7.91. The Morgan fingerprint density at radius 3 is 2.65 bits per heavy atom. The second-order valence-electron chi connectivity index (χ2n) is 3.89. The predicted octanol–water partition coefficient (Wildman–Crippen LogP) is 0.605. The van der Waals surface area contributed by atoms with Crippen molar-refractivity contribution < 1.29 is 27.9 Å². The van der Waals surface area contributed by atoms with E-state index in [0.29, 0.717) is 4.88 Å². The molecule has 1 aromatic rings. The molecule has 0 aliphatic heterocycles. The zero-order chi connectivity index (χ0) is 15.3. The molecule has 112 valence electrons. The van der Waals surface area contributed by atoms with Gasteiger partial charge in [0.2, 0.25) is 0 Å². The van der Waals surface area contributed by atoms with Gasteiger partial charge in [0.15, 0.2) is 0 Å². The largest absolute Gasteiger partial charge is 0.481 e. The first-order valence-electron chi connectivity index (χ1n) is 5.75. The Kier molecular flexibility index (Phi) is 5.66. The Hall–Kier alpha value is -1.45. The monoisotopic (exact) mass is 321 g/mol. The van der Waals surface area contributed by atoms with E-state index in [4.69, 9.17) is 9.84 Å². The van der Waals surface area contributed by atoms with Gasteiger partial charge in [-0.15, -0.1) is 11.3 Å². The topological polar surface area (TPSA) is 110 Å². The van der Waals surface area contributed by atoms with Crippen LogP contribution in [0.2, 0.25) is 0 Å². The van der Waals surface area contributed by atoms with Gasteiger partial charge in [0.1, 0.15) is 10.3 Å². The van der Waals surface area contributed by atoms with Crippen LogP contribution in [0.15, 0.2) is 16.3 Å². The number of carboxylic acid groups (broad SMARTS) is 1. The zero-order valence-electron chi connectivity index (χ0n) is 11.0. The number of aliphatic carboxylic acids is 1. The molecule has 0 saturated carbocycles. The number of hydrogen-bond donors (Lipinski definition) is 2. The van der Waals surface area contributed by atoms with Gasteiger partial charge in [-0.1, -0.05) is 0 Å². The molecule has 0 amide bonds. The fraction of sp³-hybridized carbons (Fsp3) is 0.455. The molecule has 2 N–H and O–H groups in total. The van der Waals surface area contributed by atoms with Crippen molar-refractivity contribution in [3.05, 3.63) is 17.0 Å². The van der Waals surface area contributed by atoms with Gasteiger partial charge >= 0.3 is 11.9 Å². The summed E-state index contributed by atoms with van der Waals surface area (Å²) in [6.07, 6.45) is -0.242. The normalized spacial score (nSPS) is 12.9. The van der Waals surface area contributed by atoms with Gasteiger partial charge in [-0.3, -0.25) is 9.59 Å². The molecule has 0 aliphatic rings. The third-order valence-electron chi connectivity index (χ3n) is 2.20. The molecule has 1 unspecified atom stereocenters. The molecule has 1 rings (SSSR count). The maximum Gasteiger partial charge on any atom is 0.323 e. The molecule has 7 nitrogen and oxygen atoms in total. The molecule has 0 aliphatic carbocycles. The van der Waals surface area contributed by atoms with E-state index in [9.17, 15) is 18.0 Å². The summed E-state index contributed by atoms with van der Waals surface area (Å²) in [7, 11) is -3.86. The molecule has 0 fully saturated rings. The Morgan fingerprint density at radius 1 is 1.45 bits per heavy atom. The van der Waals surface area contributed by atoms with Gasteiger partial charge in [0, 0.05) is 4.88 Å². The van der Waals surface area contributed by atoms with E-state index in [-0.39, 0.29) is 17.2 Å². The van der Waals surface area contributed by atoms with Crippen LogP contribution in [0.1, 0.15) is 18.7 Å². The Bertz CT molecular complexity index is 592. The molecule has 0 bridgehead atoms.